The molecule has 0 saturated carbocycles. The zero-order valence-electron chi connectivity index (χ0n) is 15.5. The first-order valence-electron chi connectivity index (χ1n) is 7.73. The maximum Gasteiger partial charge on any atom is 0.429 e. The van der Waals surface area contributed by atoms with Gasteiger partial charge in [-0.15, -0.1) is 6.58 Å². The third kappa shape index (κ3) is 5.20. The summed E-state index contributed by atoms with van der Waals surface area (Å²) < 4.78 is 9.88. The van der Waals surface area contributed by atoms with E-state index in [4.69, 9.17) is 4.74 Å². The van der Waals surface area contributed by atoms with E-state index in [0.29, 0.717) is 0 Å². The zero-order chi connectivity index (χ0) is 20.1. The highest BCUT2D eigenvalue weighted by atomic mass is 16.6. The summed E-state index contributed by atoms with van der Waals surface area (Å²) in [4.78, 5) is 34.8. The van der Waals surface area contributed by atoms with Crippen LogP contribution in [0.15, 0.2) is 30.9 Å². The molecule has 0 unspecified atom stereocenters. The normalized spacial score (nSPS) is 10.7. The summed E-state index contributed by atoms with van der Waals surface area (Å²) in [7, 11) is 2.61. The Morgan fingerprint density at radius 1 is 1.35 bits per heavy atom. The Morgan fingerprint density at radius 3 is 2.42 bits per heavy atom. The van der Waals surface area contributed by atoms with Crippen molar-refractivity contribution in [2.24, 2.45) is 0 Å². The van der Waals surface area contributed by atoms with Gasteiger partial charge in [0.25, 0.3) is 5.69 Å². The number of esters is 1. The molecule has 9 heteroatoms. The molecule has 0 aliphatic carbocycles. The summed E-state index contributed by atoms with van der Waals surface area (Å²) in [5.41, 5.74) is -0.950. The lowest BCUT2D eigenvalue weighted by Crippen LogP contribution is -2.46. The van der Waals surface area contributed by atoms with Crippen LogP contribution in [0.4, 0.5) is 16.2 Å². The van der Waals surface area contributed by atoms with Crippen LogP contribution in [0.25, 0.3) is 0 Å². The van der Waals surface area contributed by atoms with Crippen LogP contribution < -0.4 is 5.01 Å². The fourth-order valence-electron chi connectivity index (χ4n) is 2.06. The summed E-state index contributed by atoms with van der Waals surface area (Å²) in [5, 5.41) is 13.9. The van der Waals surface area contributed by atoms with E-state index in [1.165, 1.54) is 37.4 Å². The molecule has 0 aliphatic heterocycles. The van der Waals surface area contributed by atoms with Gasteiger partial charge in [-0.3, -0.25) is 15.1 Å². The highest BCUT2D eigenvalue weighted by Gasteiger charge is 2.28. The van der Waals surface area contributed by atoms with Crippen LogP contribution in [0, 0.1) is 10.1 Å². The van der Waals surface area contributed by atoms with Gasteiger partial charge in [0.05, 0.1) is 24.1 Å². The lowest BCUT2D eigenvalue weighted by Gasteiger charge is -2.33. The largest absolute Gasteiger partial charge is 0.465 e. The number of carbonyl (C=O) groups is 2. The molecule has 0 radical (unpaired) electrons. The molecule has 0 spiro atoms. The fraction of sp³-hybridized carbons (Fsp3) is 0.412. The number of hydrazine groups is 1. The molecule has 0 fully saturated rings. The molecule has 142 valence electrons. The molecule has 0 atom stereocenters. The Kier molecular flexibility index (Phi) is 6.71. The van der Waals surface area contributed by atoms with Crippen molar-refractivity contribution in [3.8, 4) is 0 Å². The van der Waals surface area contributed by atoms with Crippen molar-refractivity contribution in [1.29, 1.82) is 0 Å². The molecule has 0 saturated heterocycles. The fourth-order valence-corrected chi connectivity index (χ4v) is 2.06. The topological polar surface area (TPSA) is 102 Å². The lowest BCUT2D eigenvalue weighted by molar-refractivity contribution is -0.384. The number of benzene rings is 1. The SMILES string of the molecule is C=CCN(c1ccc(C(=O)OC)cc1[N+](=O)[O-])N(C)C(=O)OC(C)(C)C. The predicted molar refractivity (Wildman–Crippen MR) is 96.0 cm³/mol. The van der Waals surface area contributed by atoms with Gasteiger partial charge in [0.1, 0.15) is 11.3 Å². The van der Waals surface area contributed by atoms with Crippen LogP contribution in [0.2, 0.25) is 0 Å². The van der Waals surface area contributed by atoms with Gasteiger partial charge in [-0.2, -0.15) is 0 Å². The Morgan fingerprint density at radius 2 is 1.96 bits per heavy atom. The van der Waals surface area contributed by atoms with Crippen molar-refractivity contribution >= 4 is 23.4 Å². The standard InChI is InChI=1S/C17H23N3O6/c1-7-10-19(18(5)16(22)26-17(2,3)4)13-9-8-12(15(21)25-6)11-14(13)20(23)24/h7-9,11H,1,10H2,2-6H3. The quantitative estimate of drug-likeness (QED) is 0.330. The molecule has 0 N–H and O–H groups in total. The minimum Gasteiger partial charge on any atom is -0.465 e. The number of hydrogen-bond acceptors (Lipinski definition) is 7. The van der Waals surface area contributed by atoms with E-state index in [2.05, 4.69) is 11.3 Å². The van der Waals surface area contributed by atoms with E-state index in [-0.39, 0.29) is 23.5 Å². The molecule has 1 rings (SSSR count). The number of hydrogen-bond donors (Lipinski definition) is 0. The monoisotopic (exact) mass is 365 g/mol. The number of amides is 1. The third-order valence-corrected chi connectivity index (χ3v) is 3.19. The van der Waals surface area contributed by atoms with Gasteiger partial charge in [-0.1, -0.05) is 6.08 Å². The molecular weight excluding hydrogens is 342 g/mol. The Bertz CT molecular complexity index is 711. The van der Waals surface area contributed by atoms with Gasteiger partial charge < -0.3 is 9.47 Å². The van der Waals surface area contributed by atoms with Crippen molar-refractivity contribution < 1.29 is 24.0 Å². The number of carbonyl (C=O) groups excluding carboxylic acids is 2. The van der Waals surface area contributed by atoms with Crippen molar-refractivity contribution in [1.82, 2.24) is 5.01 Å². The van der Waals surface area contributed by atoms with Gasteiger partial charge in [-0.25, -0.2) is 14.6 Å². The van der Waals surface area contributed by atoms with Gasteiger partial charge in [0.15, 0.2) is 0 Å². The van der Waals surface area contributed by atoms with Crippen LogP contribution in [0.1, 0.15) is 31.1 Å². The summed E-state index contributed by atoms with van der Waals surface area (Å²) >= 11 is 0. The molecule has 9 nitrogen and oxygen atoms in total. The molecule has 1 aromatic carbocycles. The number of nitro benzene ring substituents is 1. The second-order valence-corrected chi connectivity index (χ2v) is 6.33. The smallest absolute Gasteiger partial charge is 0.429 e. The summed E-state index contributed by atoms with van der Waals surface area (Å²) in [6.45, 7) is 8.85. The van der Waals surface area contributed by atoms with Gasteiger partial charge >= 0.3 is 12.1 Å². The van der Waals surface area contributed by atoms with E-state index < -0.39 is 22.6 Å². The second-order valence-electron chi connectivity index (χ2n) is 6.33. The first-order valence-corrected chi connectivity index (χ1v) is 7.73. The number of anilines is 1. The van der Waals surface area contributed by atoms with E-state index in [9.17, 15) is 19.7 Å². The van der Waals surface area contributed by atoms with Gasteiger partial charge in [0, 0.05) is 13.1 Å². The van der Waals surface area contributed by atoms with Crippen LogP contribution in [-0.2, 0) is 9.47 Å². The molecule has 0 heterocycles. The summed E-state index contributed by atoms with van der Waals surface area (Å²) in [5.74, 6) is -0.699. The molecule has 0 aliphatic rings. The second kappa shape index (κ2) is 8.32. The zero-order valence-corrected chi connectivity index (χ0v) is 15.5. The summed E-state index contributed by atoms with van der Waals surface area (Å²) in [6.07, 6.45) is 0.796. The van der Waals surface area contributed by atoms with Crippen molar-refractivity contribution in [3.63, 3.8) is 0 Å². The van der Waals surface area contributed by atoms with Crippen LogP contribution in [0.3, 0.4) is 0 Å². The van der Waals surface area contributed by atoms with Crippen LogP contribution >= 0.6 is 0 Å². The Labute approximate surface area is 151 Å². The van der Waals surface area contributed by atoms with E-state index in [0.717, 1.165) is 11.1 Å². The van der Waals surface area contributed by atoms with Crippen molar-refractivity contribution in [2.75, 3.05) is 25.7 Å². The average molecular weight is 365 g/mol. The number of nitro groups is 1. The molecule has 0 bridgehead atoms. The lowest BCUT2D eigenvalue weighted by atomic mass is 10.1. The Hall–Kier alpha value is -3.10. The molecule has 0 aromatic heterocycles. The van der Waals surface area contributed by atoms with Crippen LogP contribution in [-0.4, -0.2) is 48.3 Å². The molecule has 26 heavy (non-hydrogen) atoms. The maximum atomic E-state index is 12.3. The van der Waals surface area contributed by atoms with Crippen LogP contribution in [0.5, 0.6) is 0 Å². The van der Waals surface area contributed by atoms with Gasteiger partial charge in [0.2, 0.25) is 0 Å². The van der Waals surface area contributed by atoms with E-state index in [1.54, 1.807) is 20.8 Å². The third-order valence-electron chi connectivity index (χ3n) is 3.19. The number of nitrogens with zero attached hydrogens (tertiary/aromatic N) is 3. The van der Waals surface area contributed by atoms with E-state index in [1.807, 2.05) is 0 Å². The first kappa shape index (κ1) is 20.9. The minimum absolute atomic E-state index is 0.0291. The molecule has 1 amide bonds. The Balaban J connectivity index is 3.35. The van der Waals surface area contributed by atoms with Crippen molar-refractivity contribution in [2.45, 2.75) is 26.4 Å². The molecular formula is C17H23N3O6. The highest BCUT2D eigenvalue weighted by molar-refractivity contribution is 5.91. The van der Waals surface area contributed by atoms with Gasteiger partial charge in [-0.05, 0) is 32.9 Å². The minimum atomic E-state index is -0.730. The average Bonchev–Trinajstić information content (AvgIpc) is 2.56. The number of rotatable bonds is 6. The highest BCUT2D eigenvalue weighted by Crippen LogP contribution is 2.31. The number of ether oxygens (including phenoxy) is 2. The first-order chi connectivity index (χ1) is 12.0. The predicted octanol–water partition coefficient (Wildman–Crippen LogP) is 3.16. The maximum absolute atomic E-state index is 12.3. The van der Waals surface area contributed by atoms with Crippen molar-refractivity contribution in [3.05, 3.63) is 46.5 Å². The number of methoxy groups -OCH3 is 1. The van der Waals surface area contributed by atoms with E-state index >= 15 is 0 Å². The summed E-state index contributed by atoms with van der Waals surface area (Å²) in [6, 6.07) is 3.85. The molecule has 1 aromatic rings.